The van der Waals surface area contributed by atoms with Gasteiger partial charge in [0.25, 0.3) is 5.91 Å². The molecule has 37 heavy (non-hydrogen) atoms. The summed E-state index contributed by atoms with van der Waals surface area (Å²) in [6.45, 7) is 7.04. The molecule has 2 fully saturated rings. The minimum Gasteiger partial charge on any atom is -0.340 e. The molecule has 8 nitrogen and oxygen atoms in total. The summed E-state index contributed by atoms with van der Waals surface area (Å²) in [4.78, 5) is 38.9. The maximum absolute atomic E-state index is 13.1. The predicted octanol–water partition coefficient (Wildman–Crippen LogP) is 3.01. The molecule has 190 valence electrons. The van der Waals surface area contributed by atoms with E-state index in [4.69, 9.17) is 4.99 Å². The number of nitrogens with zero attached hydrogens (tertiary/aromatic N) is 5. The molecular weight excluding hydrogens is 464 g/mol. The maximum Gasteiger partial charge on any atom is 0.325 e. The molecule has 8 heteroatoms. The Balaban J connectivity index is 1.26. The van der Waals surface area contributed by atoms with Crippen LogP contribution < -0.4 is 5.32 Å². The lowest BCUT2D eigenvalue weighted by Gasteiger charge is -2.40. The van der Waals surface area contributed by atoms with Crippen molar-refractivity contribution in [2.75, 3.05) is 33.2 Å². The summed E-state index contributed by atoms with van der Waals surface area (Å²) in [6.07, 6.45) is -0.531. The Kier molecular flexibility index (Phi) is 6.04. The monoisotopic (exact) mass is 496 g/mol. The lowest BCUT2D eigenvalue weighted by atomic mass is 10.0. The number of hydrogen-bond acceptors (Lipinski definition) is 6. The molecule has 2 atom stereocenters. The second-order valence-electron chi connectivity index (χ2n) is 10.2. The van der Waals surface area contributed by atoms with E-state index >= 15 is 0 Å². The third-order valence-electron chi connectivity index (χ3n) is 7.70. The van der Waals surface area contributed by atoms with Crippen LogP contribution in [0.1, 0.15) is 16.7 Å². The fourth-order valence-corrected chi connectivity index (χ4v) is 5.73. The van der Waals surface area contributed by atoms with Crippen molar-refractivity contribution in [3.8, 4) is 0 Å². The van der Waals surface area contributed by atoms with Gasteiger partial charge in [-0.15, -0.1) is 0 Å². The van der Waals surface area contributed by atoms with Gasteiger partial charge < -0.3 is 14.7 Å². The van der Waals surface area contributed by atoms with Gasteiger partial charge in [-0.25, -0.2) is 9.79 Å². The Morgan fingerprint density at radius 2 is 1.68 bits per heavy atom. The summed E-state index contributed by atoms with van der Waals surface area (Å²) < 4.78 is 0. The summed E-state index contributed by atoms with van der Waals surface area (Å²) in [7, 11) is 1.71. The van der Waals surface area contributed by atoms with Crippen LogP contribution in [-0.4, -0.2) is 82.9 Å². The number of hydrogen-bond donors (Lipinski definition) is 1. The van der Waals surface area contributed by atoms with Gasteiger partial charge in [0, 0.05) is 46.3 Å². The molecule has 6 rings (SSSR count). The van der Waals surface area contributed by atoms with Gasteiger partial charge in [-0.1, -0.05) is 72.3 Å². The molecule has 3 aromatic rings. The first-order valence-corrected chi connectivity index (χ1v) is 12.9. The zero-order chi connectivity index (χ0) is 25.5. The molecule has 2 saturated heterocycles. The highest BCUT2D eigenvalue weighted by Gasteiger charge is 2.49. The lowest BCUT2D eigenvalue weighted by molar-refractivity contribution is -0.127. The van der Waals surface area contributed by atoms with Crippen LogP contribution in [0.15, 0.2) is 71.7 Å². The smallest absolute Gasteiger partial charge is 0.325 e. The number of aryl methyl sites for hydroxylation is 1. The molecule has 1 N–H and O–H groups in total. The molecule has 2 unspecified atom stereocenters. The van der Waals surface area contributed by atoms with Crippen LogP contribution in [0.4, 0.5) is 4.79 Å². The van der Waals surface area contributed by atoms with Gasteiger partial charge in [-0.3, -0.25) is 15.0 Å². The minimum atomic E-state index is -0.554. The molecule has 0 aromatic heterocycles. The topological polar surface area (TPSA) is 71.5 Å². The summed E-state index contributed by atoms with van der Waals surface area (Å²) in [5.41, 5.74) is 3.74. The quantitative estimate of drug-likeness (QED) is 0.601. The van der Waals surface area contributed by atoms with Gasteiger partial charge in [0.1, 0.15) is 0 Å². The highest BCUT2D eigenvalue weighted by Crippen LogP contribution is 2.30. The lowest BCUT2D eigenvalue weighted by Crippen LogP contribution is -2.64. The van der Waals surface area contributed by atoms with E-state index in [0.717, 1.165) is 49.6 Å². The molecule has 3 aromatic carbocycles. The van der Waals surface area contributed by atoms with E-state index in [1.807, 2.05) is 12.1 Å². The first kappa shape index (κ1) is 23.5. The van der Waals surface area contributed by atoms with E-state index in [1.165, 1.54) is 16.5 Å². The van der Waals surface area contributed by atoms with Crippen molar-refractivity contribution in [1.29, 1.82) is 0 Å². The number of urea groups is 1. The van der Waals surface area contributed by atoms with Gasteiger partial charge in [-0.05, 0) is 28.8 Å². The number of nitrogens with one attached hydrogen (secondary N) is 1. The van der Waals surface area contributed by atoms with Crippen LogP contribution in [0.3, 0.4) is 0 Å². The number of benzene rings is 3. The summed E-state index contributed by atoms with van der Waals surface area (Å²) in [6, 6.07) is 22.3. The zero-order valence-electron chi connectivity index (χ0n) is 21.3. The van der Waals surface area contributed by atoms with Crippen LogP contribution in [-0.2, 0) is 17.9 Å². The first-order valence-electron chi connectivity index (χ1n) is 12.9. The average molecular weight is 497 g/mol. The number of aliphatic imine (C=N–C) groups is 1. The van der Waals surface area contributed by atoms with Gasteiger partial charge >= 0.3 is 6.03 Å². The van der Waals surface area contributed by atoms with Gasteiger partial charge in [0.05, 0.1) is 0 Å². The zero-order valence-corrected chi connectivity index (χ0v) is 21.3. The SMILES string of the molecule is Cc1cccc(CN2CCN(C3=NC4C(C(=O)NC(=O)N4C)N3Cc3cccc4ccccc34)CC2)c1. The Labute approximate surface area is 217 Å². The molecule has 0 aliphatic carbocycles. The molecule has 3 heterocycles. The number of guanidine groups is 1. The number of piperazine rings is 1. The first-order chi connectivity index (χ1) is 18.0. The van der Waals surface area contributed by atoms with E-state index < -0.39 is 18.2 Å². The van der Waals surface area contributed by atoms with Crippen molar-refractivity contribution in [3.05, 3.63) is 83.4 Å². The van der Waals surface area contributed by atoms with E-state index in [-0.39, 0.29) is 5.91 Å². The molecule has 3 amide bonds. The van der Waals surface area contributed by atoms with Gasteiger partial charge in [-0.2, -0.15) is 0 Å². The Hall–Kier alpha value is -3.91. The number of amides is 3. The minimum absolute atomic E-state index is 0.287. The van der Waals surface area contributed by atoms with Crippen LogP contribution in [0, 0.1) is 6.92 Å². The van der Waals surface area contributed by atoms with E-state index in [9.17, 15) is 9.59 Å². The van der Waals surface area contributed by atoms with E-state index in [2.05, 4.69) is 81.5 Å². The Morgan fingerprint density at radius 1 is 0.919 bits per heavy atom. The van der Waals surface area contributed by atoms with Crippen molar-refractivity contribution in [2.24, 2.45) is 4.99 Å². The third kappa shape index (κ3) is 4.42. The second kappa shape index (κ2) is 9.52. The number of carbonyl (C=O) groups is 2. The molecular formula is C29H32N6O2. The molecule has 3 aliphatic rings. The molecule has 0 radical (unpaired) electrons. The summed E-state index contributed by atoms with van der Waals surface area (Å²) in [5.74, 6) is 0.514. The van der Waals surface area contributed by atoms with Gasteiger partial charge in [0.2, 0.25) is 0 Å². The molecule has 0 spiro atoms. The van der Waals surface area contributed by atoms with E-state index in [1.54, 1.807) is 11.9 Å². The number of likely N-dealkylation sites (N-methyl/N-ethyl adjacent to an activating group) is 1. The van der Waals surface area contributed by atoms with Crippen molar-refractivity contribution in [1.82, 2.24) is 24.9 Å². The summed E-state index contributed by atoms with van der Waals surface area (Å²) in [5, 5.41) is 4.85. The standard InChI is InChI=1S/C29H32N6O2/c1-20-7-5-8-21(17-20)18-33-13-15-34(16-14-33)28-30-26-25(27(36)31-29(37)32(26)2)35(28)19-23-11-6-10-22-9-3-4-12-24(22)23/h3-12,17,25-26H,13-16,18-19H2,1-2H3,(H,31,36,37). The van der Waals surface area contributed by atoms with Gasteiger partial charge in [0.15, 0.2) is 18.2 Å². The Bertz CT molecular complexity index is 1370. The Morgan fingerprint density at radius 3 is 2.49 bits per heavy atom. The van der Waals surface area contributed by atoms with Crippen molar-refractivity contribution < 1.29 is 9.59 Å². The van der Waals surface area contributed by atoms with Crippen molar-refractivity contribution in [3.63, 3.8) is 0 Å². The van der Waals surface area contributed by atoms with Crippen LogP contribution in [0.2, 0.25) is 0 Å². The highest BCUT2D eigenvalue weighted by atomic mass is 16.2. The van der Waals surface area contributed by atoms with Crippen molar-refractivity contribution in [2.45, 2.75) is 32.2 Å². The molecule has 0 saturated carbocycles. The number of carbonyl (C=O) groups excluding carboxylic acids is 2. The van der Waals surface area contributed by atoms with Crippen LogP contribution in [0.5, 0.6) is 0 Å². The fourth-order valence-electron chi connectivity index (χ4n) is 5.73. The number of rotatable bonds is 4. The predicted molar refractivity (Wildman–Crippen MR) is 144 cm³/mol. The summed E-state index contributed by atoms with van der Waals surface area (Å²) >= 11 is 0. The normalized spacial score (nSPS) is 22.3. The molecule has 0 bridgehead atoms. The van der Waals surface area contributed by atoms with Crippen LogP contribution in [0.25, 0.3) is 10.8 Å². The highest BCUT2D eigenvalue weighted by molar-refractivity contribution is 6.03. The maximum atomic E-state index is 13.1. The number of fused-ring (bicyclic) bond motifs is 2. The van der Waals surface area contributed by atoms with Crippen LogP contribution >= 0.6 is 0 Å². The number of imide groups is 1. The molecule has 3 aliphatic heterocycles. The third-order valence-corrected chi connectivity index (χ3v) is 7.70. The van der Waals surface area contributed by atoms with E-state index in [0.29, 0.717) is 6.54 Å². The largest absolute Gasteiger partial charge is 0.340 e. The fraction of sp³-hybridized carbons (Fsp3) is 0.345. The second-order valence-corrected chi connectivity index (χ2v) is 10.2. The average Bonchev–Trinajstić information content (AvgIpc) is 3.28. The van der Waals surface area contributed by atoms with Crippen molar-refractivity contribution >= 4 is 28.7 Å².